The fraction of sp³-hybridized carbons (Fsp3) is 0.238. The highest BCUT2D eigenvalue weighted by molar-refractivity contribution is 8.14. The molecule has 2 aliphatic heterocycles. The van der Waals surface area contributed by atoms with Crippen LogP contribution >= 0.6 is 11.8 Å². The Balaban J connectivity index is 1.64. The van der Waals surface area contributed by atoms with Crippen molar-refractivity contribution in [1.82, 2.24) is 4.90 Å². The summed E-state index contributed by atoms with van der Waals surface area (Å²) >= 11 is 1.27. The number of anilines is 1. The molecule has 4 rings (SSSR count). The maximum absolute atomic E-state index is 13.1. The van der Waals surface area contributed by atoms with Gasteiger partial charge in [-0.2, -0.15) is 4.90 Å². The summed E-state index contributed by atoms with van der Waals surface area (Å²) in [4.78, 5) is 36.3. The highest BCUT2D eigenvalue weighted by Crippen LogP contribution is 2.30. The summed E-state index contributed by atoms with van der Waals surface area (Å²) in [5.74, 6) is 1.36. The van der Waals surface area contributed by atoms with Crippen molar-refractivity contribution in [2.75, 3.05) is 23.9 Å². The summed E-state index contributed by atoms with van der Waals surface area (Å²) in [6, 6.07) is 13.9. The first-order valence-electron chi connectivity index (χ1n) is 9.41. The minimum Gasteiger partial charge on any atom is -0.508 e. The second-order valence-electron chi connectivity index (χ2n) is 6.71. The number of hydrogen-bond donors (Lipinski definition) is 2. The summed E-state index contributed by atoms with van der Waals surface area (Å²) in [6.07, 6.45) is 0.867. The minimum absolute atomic E-state index is 0.0390. The Morgan fingerprint density at radius 1 is 1.10 bits per heavy atom. The summed E-state index contributed by atoms with van der Waals surface area (Å²) in [6.45, 7) is 2.94. The van der Waals surface area contributed by atoms with Gasteiger partial charge in [-0.1, -0.05) is 25.1 Å². The molecule has 0 atom stereocenters. The molecular weight excluding hydrogens is 388 g/mol. The van der Waals surface area contributed by atoms with Crippen LogP contribution in [0.5, 0.6) is 5.75 Å². The number of benzene rings is 2. The number of thioether (sulfide) groups is 1. The van der Waals surface area contributed by atoms with Crippen LogP contribution < -0.4 is 9.89 Å². The van der Waals surface area contributed by atoms with Gasteiger partial charge in [-0.15, -0.1) is 0 Å². The number of amidine groups is 1. The van der Waals surface area contributed by atoms with Gasteiger partial charge in [-0.25, -0.2) is 9.79 Å². The number of para-hydroxylation sites is 1. The van der Waals surface area contributed by atoms with Crippen LogP contribution in [0.15, 0.2) is 53.5 Å². The molecule has 0 unspecified atom stereocenters. The number of fused-ring (bicyclic) bond motifs is 1. The van der Waals surface area contributed by atoms with E-state index in [1.54, 1.807) is 21.9 Å². The number of aromatic hydroxyl groups is 1. The number of phenolic OH excluding ortho intramolecular Hbond substituents is 1. The molecule has 1 fully saturated rings. The molecule has 0 bridgehead atoms. The van der Waals surface area contributed by atoms with Crippen LogP contribution in [-0.4, -0.2) is 51.7 Å². The number of amides is 2. The van der Waals surface area contributed by atoms with Crippen molar-refractivity contribution in [1.29, 1.82) is 0 Å². The zero-order chi connectivity index (χ0) is 20.4. The third kappa shape index (κ3) is 3.75. The van der Waals surface area contributed by atoms with E-state index in [9.17, 15) is 14.7 Å². The second kappa shape index (κ2) is 8.08. The molecule has 2 aromatic rings. The summed E-state index contributed by atoms with van der Waals surface area (Å²) < 4.78 is 0. The van der Waals surface area contributed by atoms with E-state index in [1.165, 1.54) is 23.9 Å². The van der Waals surface area contributed by atoms with Gasteiger partial charge in [0.1, 0.15) is 17.2 Å². The van der Waals surface area contributed by atoms with E-state index in [4.69, 9.17) is 0 Å². The average molecular weight is 409 g/mol. The van der Waals surface area contributed by atoms with Crippen molar-refractivity contribution >= 4 is 45.8 Å². The monoisotopic (exact) mass is 409 g/mol. The fourth-order valence-corrected chi connectivity index (χ4v) is 4.22. The molecular formula is C21H21N4O3S+. The molecule has 0 spiro atoms. The van der Waals surface area contributed by atoms with Crippen LogP contribution in [0.2, 0.25) is 0 Å². The highest BCUT2D eigenvalue weighted by atomic mass is 32.2. The Morgan fingerprint density at radius 2 is 1.86 bits per heavy atom. The number of nitrogens with one attached hydrogen (secondary N) is 1. The van der Waals surface area contributed by atoms with Crippen LogP contribution in [-0.2, 0) is 4.79 Å². The van der Waals surface area contributed by atoms with Gasteiger partial charge in [-0.3, -0.25) is 14.7 Å². The Kier molecular flexibility index (Phi) is 5.35. The molecule has 2 aliphatic rings. The maximum atomic E-state index is 13.1. The average Bonchev–Trinajstić information content (AvgIpc) is 3.20. The second-order valence-corrected chi connectivity index (χ2v) is 7.64. The number of aliphatic imine (C=N–C) groups is 1. The zero-order valence-corrected chi connectivity index (χ0v) is 16.8. The van der Waals surface area contributed by atoms with Crippen LogP contribution in [0.25, 0.3) is 0 Å². The van der Waals surface area contributed by atoms with Crippen molar-refractivity contribution in [3.05, 3.63) is 54.1 Å². The van der Waals surface area contributed by atoms with Crippen LogP contribution in [0.4, 0.5) is 16.2 Å². The quantitative estimate of drug-likeness (QED) is 0.789. The van der Waals surface area contributed by atoms with Gasteiger partial charge in [0.25, 0.3) is 11.7 Å². The molecule has 0 aliphatic carbocycles. The fourth-order valence-electron chi connectivity index (χ4n) is 3.35. The van der Waals surface area contributed by atoms with Gasteiger partial charge in [0.15, 0.2) is 6.67 Å². The molecule has 7 nitrogen and oxygen atoms in total. The van der Waals surface area contributed by atoms with E-state index in [2.05, 4.69) is 9.98 Å². The van der Waals surface area contributed by atoms with E-state index in [0.29, 0.717) is 23.7 Å². The van der Waals surface area contributed by atoms with Gasteiger partial charge in [0.2, 0.25) is 0 Å². The lowest BCUT2D eigenvalue weighted by Crippen LogP contribution is -2.80. The predicted octanol–water partition coefficient (Wildman–Crippen LogP) is 1.88. The Labute approximate surface area is 172 Å². The lowest BCUT2D eigenvalue weighted by atomic mass is 10.1. The molecule has 0 saturated carbocycles. The predicted molar refractivity (Wildman–Crippen MR) is 114 cm³/mol. The van der Waals surface area contributed by atoms with E-state index < -0.39 is 0 Å². The molecule has 0 radical (unpaired) electrons. The highest BCUT2D eigenvalue weighted by Gasteiger charge is 2.37. The van der Waals surface area contributed by atoms with Crippen LogP contribution in [0, 0.1) is 0 Å². The molecule has 1 saturated heterocycles. The molecule has 0 aromatic heterocycles. The van der Waals surface area contributed by atoms with Gasteiger partial charge < -0.3 is 5.11 Å². The van der Waals surface area contributed by atoms with Crippen molar-refractivity contribution in [2.24, 2.45) is 4.99 Å². The number of rotatable bonds is 5. The SMILES string of the molecule is CCCN1C(=O)SC/C1=[NH+]/CN1C(=O)C(=Nc2ccc(O)cc2)c2ccccc21. The third-order valence-corrected chi connectivity index (χ3v) is 5.64. The van der Waals surface area contributed by atoms with E-state index >= 15 is 0 Å². The van der Waals surface area contributed by atoms with Crippen molar-refractivity contribution in [3.63, 3.8) is 0 Å². The number of nitrogens with zero attached hydrogens (tertiary/aromatic N) is 3. The molecule has 2 amide bonds. The van der Waals surface area contributed by atoms with Crippen molar-refractivity contribution in [3.8, 4) is 5.75 Å². The molecule has 8 heteroatoms. The first-order valence-corrected chi connectivity index (χ1v) is 10.4. The standard InChI is InChI=1S/C21H20N4O3S/c1-2-11-24-18(12-29-21(24)28)22-13-25-17-6-4-3-5-16(17)19(20(25)27)23-14-7-9-15(26)10-8-14/h3-10,26H,2,11-13H2,1H3/p+1/b22-18-,23-19?. The normalized spacial score (nSPS) is 18.9. The first-order chi connectivity index (χ1) is 14.1. The lowest BCUT2D eigenvalue weighted by molar-refractivity contribution is -0.459. The largest absolute Gasteiger partial charge is 0.508 e. The minimum atomic E-state index is -0.202. The maximum Gasteiger partial charge on any atom is 0.369 e. The summed E-state index contributed by atoms with van der Waals surface area (Å²) in [5, 5.41) is 9.50. The van der Waals surface area contributed by atoms with E-state index in [0.717, 1.165) is 23.5 Å². The number of carbonyl (C=O) groups is 2. The Bertz CT molecular complexity index is 1020. The Hall–Kier alpha value is -3.13. The molecule has 2 heterocycles. The van der Waals surface area contributed by atoms with Crippen molar-refractivity contribution in [2.45, 2.75) is 13.3 Å². The van der Waals surface area contributed by atoms with Crippen LogP contribution in [0.1, 0.15) is 18.9 Å². The summed E-state index contributed by atoms with van der Waals surface area (Å²) in [5.41, 5.74) is 2.50. The number of phenols is 1. The third-order valence-electron chi connectivity index (χ3n) is 4.76. The van der Waals surface area contributed by atoms with E-state index in [1.807, 2.05) is 31.2 Å². The van der Waals surface area contributed by atoms with Crippen molar-refractivity contribution < 1.29 is 19.7 Å². The van der Waals surface area contributed by atoms with Gasteiger partial charge in [0, 0.05) is 5.56 Å². The smallest absolute Gasteiger partial charge is 0.369 e. The number of hydrogen-bond acceptors (Lipinski definition) is 5. The van der Waals surface area contributed by atoms with Gasteiger partial charge >= 0.3 is 5.24 Å². The molecule has 148 valence electrons. The molecule has 2 aromatic carbocycles. The Morgan fingerprint density at radius 3 is 2.62 bits per heavy atom. The number of carbonyl (C=O) groups excluding carboxylic acids is 2. The zero-order valence-electron chi connectivity index (χ0n) is 16.0. The lowest BCUT2D eigenvalue weighted by Gasteiger charge is -2.14. The topological polar surface area (TPSA) is 87.2 Å². The molecule has 2 N–H and O–H groups in total. The van der Waals surface area contributed by atoms with Gasteiger partial charge in [-0.05, 0) is 48.5 Å². The first kappa shape index (κ1) is 19.2. The molecule has 29 heavy (non-hydrogen) atoms. The van der Waals surface area contributed by atoms with Gasteiger partial charge in [0.05, 0.1) is 17.9 Å². The van der Waals surface area contributed by atoms with E-state index in [-0.39, 0.29) is 23.6 Å². The van der Waals surface area contributed by atoms with Crippen LogP contribution in [0.3, 0.4) is 0 Å². The summed E-state index contributed by atoms with van der Waals surface area (Å²) in [7, 11) is 0.